The van der Waals surface area contributed by atoms with E-state index in [0.29, 0.717) is 6.04 Å². The number of hydrogen-bond acceptors (Lipinski definition) is 3. The van der Waals surface area contributed by atoms with Gasteiger partial charge in [-0.05, 0) is 38.9 Å². The second-order valence-corrected chi connectivity index (χ2v) is 6.04. The highest BCUT2D eigenvalue weighted by atomic mass is 16.5. The van der Waals surface area contributed by atoms with E-state index in [4.69, 9.17) is 4.74 Å². The van der Waals surface area contributed by atoms with Crippen molar-refractivity contribution in [2.24, 2.45) is 0 Å². The molecule has 20 heavy (non-hydrogen) atoms. The Morgan fingerprint density at radius 1 is 1.25 bits per heavy atom. The van der Waals surface area contributed by atoms with Crippen LogP contribution in [0.2, 0.25) is 0 Å². The van der Waals surface area contributed by atoms with E-state index in [1.54, 1.807) is 0 Å². The van der Waals surface area contributed by atoms with Crippen LogP contribution in [-0.2, 0) is 6.54 Å². The Kier molecular flexibility index (Phi) is 5.86. The molecule has 1 heterocycles. The molecule has 2 rings (SSSR count). The van der Waals surface area contributed by atoms with E-state index in [9.17, 15) is 0 Å². The van der Waals surface area contributed by atoms with Gasteiger partial charge in [-0.2, -0.15) is 0 Å². The number of rotatable bonds is 7. The van der Waals surface area contributed by atoms with Gasteiger partial charge in [0.05, 0.1) is 0 Å². The molecule has 0 spiro atoms. The van der Waals surface area contributed by atoms with Crippen LogP contribution in [0.15, 0.2) is 18.2 Å². The van der Waals surface area contributed by atoms with E-state index in [2.05, 4.69) is 49.2 Å². The van der Waals surface area contributed by atoms with Gasteiger partial charge in [0.1, 0.15) is 12.4 Å². The summed E-state index contributed by atoms with van der Waals surface area (Å²) >= 11 is 0. The van der Waals surface area contributed by atoms with Crippen molar-refractivity contribution in [3.8, 4) is 5.75 Å². The van der Waals surface area contributed by atoms with Gasteiger partial charge in [0.2, 0.25) is 0 Å². The van der Waals surface area contributed by atoms with Crippen molar-refractivity contribution in [3.05, 3.63) is 29.3 Å². The maximum Gasteiger partial charge on any atom is 0.123 e. The molecule has 0 unspecified atom stereocenters. The fraction of sp³-hybridized carbons (Fsp3) is 0.647. The number of likely N-dealkylation sites (tertiary alicyclic amines) is 1. The highest BCUT2D eigenvalue weighted by molar-refractivity contribution is 5.36. The zero-order valence-electron chi connectivity index (χ0n) is 13.1. The summed E-state index contributed by atoms with van der Waals surface area (Å²) in [7, 11) is 0. The van der Waals surface area contributed by atoms with Crippen LogP contribution < -0.4 is 10.1 Å². The van der Waals surface area contributed by atoms with E-state index in [1.807, 2.05) is 0 Å². The molecule has 0 amide bonds. The fourth-order valence-corrected chi connectivity index (χ4v) is 2.59. The lowest BCUT2D eigenvalue weighted by Gasteiger charge is -2.17. The van der Waals surface area contributed by atoms with Gasteiger partial charge in [-0.3, -0.25) is 4.90 Å². The summed E-state index contributed by atoms with van der Waals surface area (Å²) in [6, 6.07) is 6.95. The molecule has 0 saturated carbocycles. The number of nitrogens with zero attached hydrogens (tertiary/aromatic N) is 1. The van der Waals surface area contributed by atoms with Crippen molar-refractivity contribution in [1.29, 1.82) is 0 Å². The predicted octanol–water partition coefficient (Wildman–Crippen LogP) is 2.97. The lowest BCUT2D eigenvalue weighted by molar-refractivity contribution is 0.236. The smallest absolute Gasteiger partial charge is 0.123 e. The molecular formula is C17H28N2O. The number of ether oxygens (including phenoxy) is 1. The molecule has 0 atom stereocenters. The average molecular weight is 276 g/mol. The first-order valence-corrected chi connectivity index (χ1v) is 7.83. The molecule has 1 saturated heterocycles. The molecular weight excluding hydrogens is 248 g/mol. The maximum atomic E-state index is 6.00. The van der Waals surface area contributed by atoms with Gasteiger partial charge in [0, 0.05) is 24.7 Å². The molecule has 1 aromatic rings. The number of aryl methyl sites for hydroxylation is 1. The zero-order chi connectivity index (χ0) is 14.4. The highest BCUT2D eigenvalue weighted by Gasteiger charge is 2.11. The van der Waals surface area contributed by atoms with Crippen LogP contribution in [0.4, 0.5) is 0 Å². The van der Waals surface area contributed by atoms with Crippen LogP contribution in [0.5, 0.6) is 5.75 Å². The molecule has 0 radical (unpaired) electrons. The largest absolute Gasteiger partial charge is 0.492 e. The maximum absolute atomic E-state index is 6.00. The van der Waals surface area contributed by atoms with Crippen LogP contribution in [0.3, 0.4) is 0 Å². The van der Waals surface area contributed by atoms with Gasteiger partial charge in [0.15, 0.2) is 0 Å². The normalized spacial score (nSPS) is 16.0. The lowest BCUT2D eigenvalue weighted by Crippen LogP contribution is -2.26. The SMILES string of the molecule is Cc1ccc(OCCN2CCCC2)c(CNC(C)C)c1. The Balaban J connectivity index is 1.88. The number of benzene rings is 1. The topological polar surface area (TPSA) is 24.5 Å². The third-order valence-corrected chi connectivity index (χ3v) is 3.78. The Hall–Kier alpha value is -1.06. The van der Waals surface area contributed by atoms with Gasteiger partial charge in [0.25, 0.3) is 0 Å². The summed E-state index contributed by atoms with van der Waals surface area (Å²) in [6.45, 7) is 11.7. The van der Waals surface area contributed by atoms with Crippen molar-refractivity contribution in [2.45, 2.75) is 46.2 Å². The molecule has 0 bridgehead atoms. The third kappa shape index (κ3) is 4.80. The molecule has 1 fully saturated rings. The fourth-order valence-electron chi connectivity index (χ4n) is 2.59. The van der Waals surface area contributed by atoms with Crippen LogP contribution in [0, 0.1) is 6.92 Å². The van der Waals surface area contributed by atoms with Crippen molar-refractivity contribution in [3.63, 3.8) is 0 Å². The molecule has 1 N–H and O–H groups in total. The van der Waals surface area contributed by atoms with E-state index in [1.165, 1.54) is 37.1 Å². The molecule has 1 aromatic carbocycles. The van der Waals surface area contributed by atoms with Crippen molar-refractivity contribution in [1.82, 2.24) is 10.2 Å². The molecule has 112 valence electrons. The number of nitrogens with one attached hydrogen (secondary N) is 1. The highest BCUT2D eigenvalue weighted by Crippen LogP contribution is 2.20. The zero-order valence-corrected chi connectivity index (χ0v) is 13.1. The Morgan fingerprint density at radius 3 is 2.70 bits per heavy atom. The lowest BCUT2D eigenvalue weighted by atomic mass is 10.1. The summed E-state index contributed by atoms with van der Waals surface area (Å²) in [6.07, 6.45) is 2.68. The van der Waals surface area contributed by atoms with Gasteiger partial charge in [-0.25, -0.2) is 0 Å². The monoisotopic (exact) mass is 276 g/mol. The average Bonchev–Trinajstić information content (AvgIpc) is 2.91. The van der Waals surface area contributed by atoms with Crippen LogP contribution in [0.1, 0.15) is 37.8 Å². The first kappa shape index (κ1) is 15.3. The van der Waals surface area contributed by atoms with Gasteiger partial charge in [-0.15, -0.1) is 0 Å². The van der Waals surface area contributed by atoms with E-state index in [-0.39, 0.29) is 0 Å². The molecule has 3 heteroatoms. The Morgan fingerprint density at radius 2 is 2.00 bits per heavy atom. The second-order valence-electron chi connectivity index (χ2n) is 6.04. The third-order valence-electron chi connectivity index (χ3n) is 3.78. The first-order chi connectivity index (χ1) is 9.65. The van der Waals surface area contributed by atoms with Crippen LogP contribution >= 0.6 is 0 Å². The molecule has 3 nitrogen and oxygen atoms in total. The van der Waals surface area contributed by atoms with Gasteiger partial charge >= 0.3 is 0 Å². The Labute approximate surface area is 123 Å². The second kappa shape index (κ2) is 7.65. The summed E-state index contributed by atoms with van der Waals surface area (Å²) < 4.78 is 6.00. The van der Waals surface area contributed by atoms with Crippen molar-refractivity contribution in [2.75, 3.05) is 26.2 Å². The minimum atomic E-state index is 0.493. The van der Waals surface area contributed by atoms with E-state index >= 15 is 0 Å². The molecule has 1 aliphatic rings. The Bertz CT molecular complexity index is 411. The first-order valence-electron chi connectivity index (χ1n) is 7.83. The van der Waals surface area contributed by atoms with E-state index < -0.39 is 0 Å². The minimum Gasteiger partial charge on any atom is -0.492 e. The van der Waals surface area contributed by atoms with Gasteiger partial charge in [-0.1, -0.05) is 31.5 Å². The summed E-state index contributed by atoms with van der Waals surface area (Å²) in [5.74, 6) is 1.03. The molecule has 0 aliphatic carbocycles. The summed E-state index contributed by atoms with van der Waals surface area (Å²) in [5, 5.41) is 3.47. The van der Waals surface area contributed by atoms with E-state index in [0.717, 1.165) is 25.4 Å². The standard InChI is InChI=1S/C17H28N2O/c1-14(2)18-13-16-12-15(3)6-7-17(16)20-11-10-19-8-4-5-9-19/h6-7,12,14,18H,4-5,8-11,13H2,1-3H3. The molecule has 1 aliphatic heterocycles. The van der Waals surface area contributed by atoms with Crippen LogP contribution in [0.25, 0.3) is 0 Å². The summed E-state index contributed by atoms with van der Waals surface area (Å²) in [4.78, 5) is 2.49. The number of hydrogen-bond donors (Lipinski definition) is 1. The molecule has 0 aromatic heterocycles. The van der Waals surface area contributed by atoms with Crippen molar-refractivity contribution < 1.29 is 4.74 Å². The van der Waals surface area contributed by atoms with Crippen LogP contribution in [-0.4, -0.2) is 37.2 Å². The minimum absolute atomic E-state index is 0.493. The summed E-state index contributed by atoms with van der Waals surface area (Å²) in [5.41, 5.74) is 2.55. The van der Waals surface area contributed by atoms with Gasteiger partial charge < -0.3 is 10.1 Å². The van der Waals surface area contributed by atoms with Crippen molar-refractivity contribution >= 4 is 0 Å². The predicted molar refractivity (Wildman–Crippen MR) is 84.3 cm³/mol. The quantitative estimate of drug-likeness (QED) is 0.828.